The lowest BCUT2D eigenvalue weighted by Gasteiger charge is -2.26. The molecule has 1 rings (SSSR count). The predicted molar refractivity (Wildman–Crippen MR) is 50.0 cm³/mol. The Bertz CT molecular complexity index is 151. The van der Waals surface area contributed by atoms with Gasteiger partial charge in [0.15, 0.2) is 8.32 Å². The molecule has 0 saturated heterocycles. The number of nitrogens with one attached hydrogen (secondary N) is 1. The van der Waals surface area contributed by atoms with E-state index in [1.165, 1.54) is 0 Å². The summed E-state index contributed by atoms with van der Waals surface area (Å²) in [5, 5.41) is 3.16. The molecule has 0 saturated carbocycles. The molecule has 1 N–H and O–H groups in total. The Morgan fingerprint density at radius 2 is 2.18 bits per heavy atom. The highest BCUT2D eigenvalue weighted by Gasteiger charge is 2.19. The molecule has 0 radical (unpaired) electrons. The van der Waals surface area contributed by atoms with E-state index in [0.29, 0.717) is 6.10 Å². The Morgan fingerprint density at radius 3 is 2.64 bits per heavy atom. The van der Waals surface area contributed by atoms with E-state index in [-0.39, 0.29) is 0 Å². The number of rotatable bonds is 2. The average Bonchev–Trinajstić information content (AvgIpc) is 1.85. The third-order valence-corrected chi connectivity index (χ3v) is 2.52. The zero-order valence-corrected chi connectivity index (χ0v) is 8.55. The van der Waals surface area contributed by atoms with E-state index in [1.807, 2.05) is 6.20 Å². The van der Waals surface area contributed by atoms with Gasteiger partial charge in [-0.25, -0.2) is 0 Å². The van der Waals surface area contributed by atoms with Crippen molar-refractivity contribution in [2.24, 2.45) is 0 Å². The van der Waals surface area contributed by atoms with Gasteiger partial charge in [-0.2, -0.15) is 0 Å². The summed E-state index contributed by atoms with van der Waals surface area (Å²) in [6.07, 6.45) is 5.58. The first-order valence-electron chi connectivity index (χ1n) is 4.16. The number of hydrogen-bond donors (Lipinski definition) is 1. The first-order valence-corrected chi connectivity index (χ1v) is 7.57. The molecule has 0 aromatic rings. The van der Waals surface area contributed by atoms with E-state index >= 15 is 0 Å². The van der Waals surface area contributed by atoms with Crippen molar-refractivity contribution in [3.05, 3.63) is 12.3 Å². The molecule has 0 bridgehead atoms. The molecule has 0 amide bonds. The summed E-state index contributed by atoms with van der Waals surface area (Å²) >= 11 is 0. The smallest absolute Gasteiger partial charge is 0.184 e. The minimum absolute atomic E-state index is 0.364. The lowest BCUT2D eigenvalue weighted by Crippen LogP contribution is -2.34. The third-order valence-electron chi connectivity index (χ3n) is 1.51. The fourth-order valence-electron chi connectivity index (χ4n) is 1.13. The fourth-order valence-corrected chi connectivity index (χ4v) is 2.24. The van der Waals surface area contributed by atoms with Crippen LogP contribution in [-0.4, -0.2) is 21.0 Å². The molecule has 64 valence electrons. The normalized spacial score (nSPS) is 24.8. The van der Waals surface area contributed by atoms with Crippen LogP contribution in [-0.2, 0) is 4.43 Å². The molecule has 0 aliphatic carbocycles. The van der Waals surface area contributed by atoms with Crippen molar-refractivity contribution in [1.29, 1.82) is 0 Å². The van der Waals surface area contributed by atoms with Gasteiger partial charge in [-0.1, -0.05) is 0 Å². The van der Waals surface area contributed by atoms with Gasteiger partial charge in [0.05, 0.1) is 6.10 Å². The van der Waals surface area contributed by atoms with Crippen molar-refractivity contribution >= 4 is 8.32 Å². The Morgan fingerprint density at radius 1 is 1.45 bits per heavy atom. The quantitative estimate of drug-likeness (QED) is 0.639. The number of hydrogen-bond acceptors (Lipinski definition) is 2. The Balaban J connectivity index is 2.36. The monoisotopic (exact) mass is 171 g/mol. The zero-order valence-electron chi connectivity index (χ0n) is 7.55. The summed E-state index contributed by atoms with van der Waals surface area (Å²) in [6.45, 7) is 7.72. The summed E-state index contributed by atoms with van der Waals surface area (Å²) in [5.41, 5.74) is 0. The van der Waals surface area contributed by atoms with Crippen LogP contribution in [0, 0.1) is 0 Å². The van der Waals surface area contributed by atoms with Gasteiger partial charge >= 0.3 is 0 Å². The van der Waals surface area contributed by atoms with Crippen molar-refractivity contribution in [1.82, 2.24) is 5.32 Å². The fraction of sp³-hybridized carbons (Fsp3) is 0.750. The third kappa shape index (κ3) is 3.58. The van der Waals surface area contributed by atoms with Crippen LogP contribution in [0.2, 0.25) is 19.6 Å². The van der Waals surface area contributed by atoms with E-state index in [2.05, 4.69) is 31.0 Å². The molecule has 0 spiro atoms. The van der Waals surface area contributed by atoms with Crippen LogP contribution >= 0.6 is 0 Å². The Kier molecular flexibility index (Phi) is 2.73. The van der Waals surface area contributed by atoms with Gasteiger partial charge in [-0.05, 0) is 38.3 Å². The summed E-state index contributed by atoms with van der Waals surface area (Å²) in [4.78, 5) is 0. The second-order valence-electron chi connectivity index (χ2n) is 3.87. The molecule has 0 fully saturated rings. The maximum absolute atomic E-state index is 5.89. The van der Waals surface area contributed by atoms with Crippen LogP contribution in [0.4, 0.5) is 0 Å². The van der Waals surface area contributed by atoms with Crippen LogP contribution < -0.4 is 5.32 Å². The molecule has 1 aliphatic rings. The van der Waals surface area contributed by atoms with E-state index < -0.39 is 8.32 Å². The van der Waals surface area contributed by atoms with Crippen LogP contribution in [0.5, 0.6) is 0 Å². The van der Waals surface area contributed by atoms with Crippen molar-refractivity contribution in [3.63, 3.8) is 0 Å². The van der Waals surface area contributed by atoms with E-state index in [1.54, 1.807) is 0 Å². The second-order valence-corrected chi connectivity index (χ2v) is 8.33. The molecule has 1 aliphatic heterocycles. The lowest BCUT2D eigenvalue weighted by molar-refractivity contribution is 0.225. The van der Waals surface area contributed by atoms with Crippen LogP contribution in [0.25, 0.3) is 0 Å². The lowest BCUT2D eigenvalue weighted by atomic mass is 10.2. The van der Waals surface area contributed by atoms with Crippen molar-refractivity contribution in [2.75, 3.05) is 6.54 Å². The molecule has 11 heavy (non-hydrogen) atoms. The van der Waals surface area contributed by atoms with Gasteiger partial charge in [0.1, 0.15) is 0 Å². The highest BCUT2D eigenvalue weighted by molar-refractivity contribution is 6.69. The van der Waals surface area contributed by atoms with E-state index in [0.717, 1.165) is 13.0 Å². The standard InChI is InChI=1S/C8H17NOSi/c1-11(2,3)10-8-4-6-9-7-5-8/h4,6,8-9H,5,7H2,1-3H3. The predicted octanol–water partition coefficient (Wildman–Crippen LogP) is 1.71. The van der Waals surface area contributed by atoms with Gasteiger partial charge in [0, 0.05) is 6.54 Å². The summed E-state index contributed by atoms with van der Waals surface area (Å²) < 4.78 is 5.89. The molecule has 3 heteroatoms. The molecule has 1 unspecified atom stereocenters. The molecular weight excluding hydrogens is 154 g/mol. The molecule has 1 atom stereocenters. The van der Waals surface area contributed by atoms with Crippen LogP contribution in [0.1, 0.15) is 6.42 Å². The van der Waals surface area contributed by atoms with Gasteiger partial charge in [0.2, 0.25) is 0 Å². The van der Waals surface area contributed by atoms with Gasteiger partial charge < -0.3 is 9.74 Å². The average molecular weight is 171 g/mol. The van der Waals surface area contributed by atoms with Crippen LogP contribution in [0.15, 0.2) is 12.3 Å². The molecule has 2 nitrogen and oxygen atoms in total. The topological polar surface area (TPSA) is 21.3 Å². The first-order chi connectivity index (χ1) is 5.08. The highest BCUT2D eigenvalue weighted by Crippen LogP contribution is 2.12. The first kappa shape index (κ1) is 8.81. The molecule has 0 aromatic heterocycles. The maximum atomic E-state index is 5.89. The maximum Gasteiger partial charge on any atom is 0.184 e. The van der Waals surface area contributed by atoms with Crippen LogP contribution in [0.3, 0.4) is 0 Å². The summed E-state index contributed by atoms with van der Waals surface area (Å²) in [6, 6.07) is 0. The minimum Gasteiger partial charge on any atom is -0.411 e. The molecule has 0 aromatic carbocycles. The highest BCUT2D eigenvalue weighted by atomic mass is 28.4. The minimum atomic E-state index is -1.32. The molecular formula is C8H17NOSi. The van der Waals surface area contributed by atoms with Crippen molar-refractivity contribution in [2.45, 2.75) is 32.2 Å². The molecule has 1 heterocycles. The zero-order chi connectivity index (χ0) is 8.32. The summed E-state index contributed by atoms with van der Waals surface area (Å²) in [7, 11) is -1.32. The second kappa shape index (κ2) is 3.41. The van der Waals surface area contributed by atoms with Gasteiger partial charge in [0.25, 0.3) is 0 Å². The largest absolute Gasteiger partial charge is 0.411 e. The van der Waals surface area contributed by atoms with Crippen molar-refractivity contribution < 1.29 is 4.43 Å². The van der Waals surface area contributed by atoms with Crippen molar-refractivity contribution in [3.8, 4) is 0 Å². The van der Waals surface area contributed by atoms with E-state index in [4.69, 9.17) is 4.43 Å². The van der Waals surface area contributed by atoms with Gasteiger partial charge in [-0.15, -0.1) is 0 Å². The van der Waals surface area contributed by atoms with E-state index in [9.17, 15) is 0 Å². The Labute approximate surface area is 69.8 Å². The van der Waals surface area contributed by atoms with Gasteiger partial charge in [-0.3, -0.25) is 0 Å². The summed E-state index contributed by atoms with van der Waals surface area (Å²) in [5.74, 6) is 0. The SMILES string of the molecule is C[Si](C)(C)OC1C=CNCC1. The Hall–Kier alpha value is -0.283.